The standard InChI is InChI=1S/C14H22O5/c1-3-5-13(16)18-10-7-8-12(11(15)9-10)19-14(17)6-4-2/h3,10-12,15H,1,4-9H2,2H3. The smallest absolute Gasteiger partial charge is 0.309 e. The summed E-state index contributed by atoms with van der Waals surface area (Å²) in [4.78, 5) is 22.7. The second kappa shape index (κ2) is 7.94. The van der Waals surface area contributed by atoms with E-state index in [0.717, 1.165) is 6.42 Å². The van der Waals surface area contributed by atoms with Gasteiger partial charge in [-0.15, -0.1) is 6.58 Å². The number of esters is 2. The van der Waals surface area contributed by atoms with Crippen molar-refractivity contribution in [1.29, 1.82) is 0 Å². The highest BCUT2D eigenvalue weighted by molar-refractivity contribution is 5.71. The van der Waals surface area contributed by atoms with Gasteiger partial charge < -0.3 is 14.6 Å². The number of aliphatic hydroxyl groups excluding tert-OH is 1. The highest BCUT2D eigenvalue weighted by Gasteiger charge is 2.33. The summed E-state index contributed by atoms with van der Waals surface area (Å²) in [5, 5.41) is 9.91. The van der Waals surface area contributed by atoms with Crippen LogP contribution in [-0.4, -0.2) is 35.4 Å². The number of carbonyl (C=O) groups is 2. The summed E-state index contributed by atoms with van der Waals surface area (Å²) in [5.41, 5.74) is 0. The highest BCUT2D eigenvalue weighted by atomic mass is 16.6. The lowest BCUT2D eigenvalue weighted by molar-refractivity contribution is -0.167. The Kier molecular flexibility index (Phi) is 6.56. The van der Waals surface area contributed by atoms with Gasteiger partial charge in [0.1, 0.15) is 12.2 Å². The van der Waals surface area contributed by atoms with Crippen molar-refractivity contribution >= 4 is 11.9 Å². The first kappa shape index (κ1) is 15.7. The number of ether oxygens (including phenoxy) is 2. The quantitative estimate of drug-likeness (QED) is 0.588. The fraction of sp³-hybridized carbons (Fsp3) is 0.714. The van der Waals surface area contributed by atoms with Crippen LogP contribution in [0, 0.1) is 0 Å². The largest absolute Gasteiger partial charge is 0.462 e. The molecule has 1 saturated carbocycles. The van der Waals surface area contributed by atoms with E-state index >= 15 is 0 Å². The van der Waals surface area contributed by atoms with Crippen LogP contribution in [0.1, 0.15) is 45.4 Å². The van der Waals surface area contributed by atoms with Crippen molar-refractivity contribution in [2.75, 3.05) is 0 Å². The third-order valence-corrected chi connectivity index (χ3v) is 3.05. The van der Waals surface area contributed by atoms with E-state index in [0.29, 0.717) is 25.7 Å². The summed E-state index contributed by atoms with van der Waals surface area (Å²) in [6.45, 7) is 5.36. The van der Waals surface area contributed by atoms with E-state index in [1.54, 1.807) is 0 Å². The zero-order chi connectivity index (χ0) is 14.3. The van der Waals surface area contributed by atoms with Crippen molar-refractivity contribution in [2.45, 2.75) is 63.8 Å². The van der Waals surface area contributed by atoms with Crippen LogP contribution in [0.25, 0.3) is 0 Å². The maximum absolute atomic E-state index is 11.4. The average Bonchev–Trinajstić information content (AvgIpc) is 2.33. The summed E-state index contributed by atoms with van der Waals surface area (Å²) in [7, 11) is 0. The van der Waals surface area contributed by atoms with Crippen LogP contribution in [0.4, 0.5) is 0 Å². The molecule has 0 saturated heterocycles. The molecular weight excluding hydrogens is 248 g/mol. The molecule has 0 heterocycles. The molecule has 0 aromatic carbocycles. The molecule has 0 bridgehead atoms. The third-order valence-electron chi connectivity index (χ3n) is 3.05. The van der Waals surface area contributed by atoms with Crippen molar-refractivity contribution in [2.24, 2.45) is 0 Å². The molecule has 5 nitrogen and oxygen atoms in total. The van der Waals surface area contributed by atoms with Gasteiger partial charge in [-0.25, -0.2) is 0 Å². The van der Waals surface area contributed by atoms with Gasteiger partial charge in [-0.3, -0.25) is 9.59 Å². The Morgan fingerprint density at radius 1 is 1.32 bits per heavy atom. The second-order valence-electron chi connectivity index (χ2n) is 4.76. The van der Waals surface area contributed by atoms with Gasteiger partial charge in [0.25, 0.3) is 0 Å². The number of carbonyl (C=O) groups excluding carboxylic acids is 2. The molecule has 0 aromatic rings. The van der Waals surface area contributed by atoms with Gasteiger partial charge in [-0.05, 0) is 19.3 Å². The maximum Gasteiger partial charge on any atom is 0.309 e. The average molecular weight is 270 g/mol. The van der Waals surface area contributed by atoms with Crippen molar-refractivity contribution < 1.29 is 24.2 Å². The Balaban J connectivity index is 2.36. The van der Waals surface area contributed by atoms with E-state index < -0.39 is 12.2 Å². The Bertz CT molecular complexity index is 326. The second-order valence-corrected chi connectivity index (χ2v) is 4.76. The van der Waals surface area contributed by atoms with Gasteiger partial charge in [-0.1, -0.05) is 13.0 Å². The van der Waals surface area contributed by atoms with Crippen LogP contribution >= 0.6 is 0 Å². The number of rotatable bonds is 6. The fourth-order valence-corrected chi connectivity index (χ4v) is 2.11. The lowest BCUT2D eigenvalue weighted by Crippen LogP contribution is -2.40. The van der Waals surface area contributed by atoms with Crippen LogP contribution in [0.2, 0.25) is 0 Å². The van der Waals surface area contributed by atoms with E-state index in [9.17, 15) is 14.7 Å². The molecule has 3 atom stereocenters. The molecule has 108 valence electrons. The normalized spacial score (nSPS) is 26.5. The van der Waals surface area contributed by atoms with Gasteiger partial charge in [0.15, 0.2) is 0 Å². The molecule has 1 aliphatic rings. The fourth-order valence-electron chi connectivity index (χ4n) is 2.11. The van der Waals surface area contributed by atoms with Gasteiger partial charge >= 0.3 is 11.9 Å². The molecule has 0 spiro atoms. The molecule has 0 aliphatic heterocycles. The third kappa shape index (κ3) is 5.42. The summed E-state index contributed by atoms with van der Waals surface area (Å²) in [6, 6.07) is 0. The Hall–Kier alpha value is -1.36. The van der Waals surface area contributed by atoms with Crippen molar-refractivity contribution in [3.8, 4) is 0 Å². The molecular formula is C14H22O5. The van der Waals surface area contributed by atoms with Crippen LogP contribution in [0.15, 0.2) is 12.7 Å². The molecule has 1 fully saturated rings. The van der Waals surface area contributed by atoms with Crippen LogP contribution in [0.5, 0.6) is 0 Å². The lowest BCUT2D eigenvalue weighted by atomic mass is 9.92. The van der Waals surface area contributed by atoms with Crippen LogP contribution in [-0.2, 0) is 19.1 Å². The Labute approximate surface area is 113 Å². The van der Waals surface area contributed by atoms with Crippen molar-refractivity contribution in [3.05, 3.63) is 12.7 Å². The topological polar surface area (TPSA) is 72.8 Å². The van der Waals surface area contributed by atoms with E-state index in [1.165, 1.54) is 6.08 Å². The minimum absolute atomic E-state index is 0.168. The predicted octanol–water partition coefficient (Wildman–Crippen LogP) is 1.73. The van der Waals surface area contributed by atoms with Gasteiger partial charge in [0.05, 0.1) is 12.5 Å². The number of hydrogen-bond acceptors (Lipinski definition) is 5. The van der Waals surface area contributed by atoms with Gasteiger partial charge in [0.2, 0.25) is 0 Å². The number of hydrogen-bond donors (Lipinski definition) is 1. The SMILES string of the molecule is C=CCC(=O)OC1CCC(OC(=O)CCC)C(O)C1. The molecule has 1 N–H and O–H groups in total. The van der Waals surface area contributed by atoms with Crippen molar-refractivity contribution in [1.82, 2.24) is 0 Å². The van der Waals surface area contributed by atoms with E-state index in [2.05, 4.69) is 6.58 Å². The molecule has 1 rings (SSSR count). The van der Waals surface area contributed by atoms with E-state index in [1.807, 2.05) is 6.92 Å². The van der Waals surface area contributed by atoms with Crippen LogP contribution in [0.3, 0.4) is 0 Å². The number of aliphatic hydroxyl groups is 1. The molecule has 1 aliphatic carbocycles. The zero-order valence-electron chi connectivity index (χ0n) is 11.3. The maximum atomic E-state index is 11.4. The summed E-state index contributed by atoms with van der Waals surface area (Å²) in [5.74, 6) is -0.623. The predicted molar refractivity (Wildman–Crippen MR) is 69.3 cm³/mol. The molecule has 0 aromatic heterocycles. The molecule has 5 heteroatoms. The molecule has 0 radical (unpaired) electrons. The van der Waals surface area contributed by atoms with E-state index in [-0.39, 0.29) is 24.5 Å². The zero-order valence-corrected chi connectivity index (χ0v) is 11.3. The first-order chi connectivity index (χ1) is 9.06. The van der Waals surface area contributed by atoms with Gasteiger partial charge in [-0.2, -0.15) is 0 Å². The Morgan fingerprint density at radius 2 is 2.05 bits per heavy atom. The van der Waals surface area contributed by atoms with Gasteiger partial charge in [0, 0.05) is 12.8 Å². The first-order valence-corrected chi connectivity index (χ1v) is 6.74. The summed E-state index contributed by atoms with van der Waals surface area (Å²) >= 11 is 0. The van der Waals surface area contributed by atoms with E-state index in [4.69, 9.17) is 9.47 Å². The highest BCUT2D eigenvalue weighted by Crippen LogP contribution is 2.25. The summed E-state index contributed by atoms with van der Waals surface area (Å²) < 4.78 is 10.4. The molecule has 0 amide bonds. The van der Waals surface area contributed by atoms with Crippen molar-refractivity contribution in [3.63, 3.8) is 0 Å². The monoisotopic (exact) mass is 270 g/mol. The Morgan fingerprint density at radius 3 is 2.63 bits per heavy atom. The molecule has 19 heavy (non-hydrogen) atoms. The minimum atomic E-state index is -0.768. The molecule has 3 unspecified atom stereocenters. The first-order valence-electron chi connectivity index (χ1n) is 6.74. The minimum Gasteiger partial charge on any atom is -0.462 e. The van der Waals surface area contributed by atoms with Crippen LogP contribution < -0.4 is 0 Å². The summed E-state index contributed by atoms with van der Waals surface area (Å²) in [6.07, 6.45) is 2.62. The lowest BCUT2D eigenvalue weighted by Gasteiger charge is -2.32.